The summed E-state index contributed by atoms with van der Waals surface area (Å²) < 4.78 is 0.647. The number of benzene rings is 1. The molecule has 2 aromatic rings. The van der Waals surface area contributed by atoms with E-state index in [2.05, 4.69) is 4.90 Å². The van der Waals surface area contributed by atoms with Crippen molar-refractivity contribution in [3.8, 4) is 0 Å². The molecule has 1 fully saturated rings. The third kappa shape index (κ3) is 5.28. The van der Waals surface area contributed by atoms with Gasteiger partial charge in [-0.15, -0.1) is 11.3 Å². The third-order valence-corrected chi connectivity index (χ3v) is 6.26. The maximum atomic E-state index is 12.2. The van der Waals surface area contributed by atoms with Crippen LogP contribution in [-0.2, 0) is 6.42 Å². The molecule has 1 aliphatic rings. The smallest absolute Gasteiger partial charge is 0.174 e. The lowest BCUT2D eigenvalue weighted by molar-refractivity contribution is -0.0203. The summed E-state index contributed by atoms with van der Waals surface area (Å²) in [6.07, 6.45) is 2.57. The van der Waals surface area contributed by atoms with Gasteiger partial charge in [0.25, 0.3) is 0 Å². The molecule has 3 nitrogen and oxygen atoms in total. The average Bonchev–Trinajstić information content (AvgIpc) is 3.03. The lowest BCUT2D eigenvalue weighted by Crippen LogP contribution is -2.46. The summed E-state index contributed by atoms with van der Waals surface area (Å²) in [4.78, 5) is 15.1. The highest BCUT2D eigenvalue weighted by Gasteiger charge is 2.32. The fourth-order valence-corrected chi connectivity index (χ4v) is 4.34. The molecule has 0 aliphatic carbocycles. The Hall–Kier alpha value is -0.910. The van der Waals surface area contributed by atoms with Gasteiger partial charge in [-0.1, -0.05) is 35.3 Å². The number of hydrogen-bond donors (Lipinski definition) is 1. The van der Waals surface area contributed by atoms with Crippen LogP contribution in [0, 0.1) is 0 Å². The second-order valence-corrected chi connectivity index (χ2v) is 8.80. The quantitative estimate of drug-likeness (QED) is 0.718. The number of halogens is 2. The first-order valence-corrected chi connectivity index (χ1v) is 9.98. The van der Waals surface area contributed by atoms with Crippen molar-refractivity contribution in [2.24, 2.45) is 0 Å². The Morgan fingerprint density at radius 1 is 1.12 bits per heavy atom. The molecule has 0 amide bonds. The third-order valence-electron chi connectivity index (χ3n) is 4.74. The molecule has 0 bridgehead atoms. The highest BCUT2D eigenvalue weighted by Crippen LogP contribution is 2.27. The average molecular weight is 398 g/mol. The molecule has 0 saturated carbocycles. The van der Waals surface area contributed by atoms with E-state index in [1.165, 1.54) is 11.3 Å². The van der Waals surface area contributed by atoms with Crippen LogP contribution in [0.1, 0.15) is 34.5 Å². The molecule has 0 atom stereocenters. The first-order chi connectivity index (χ1) is 11.9. The van der Waals surface area contributed by atoms with Crippen LogP contribution in [-0.4, -0.2) is 41.0 Å². The minimum Gasteiger partial charge on any atom is -0.389 e. The summed E-state index contributed by atoms with van der Waals surface area (Å²) in [5, 5.41) is 11.5. The molecule has 1 aromatic heterocycles. The van der Waals surface area contributed by atoms with E-state index in [-0.39, 0.29) is 5.78 Å². The number of rotatable bonds is 6. The Morgan fingerprint density at radius 2 is 1.80 bits per heavy atom. The molecule has 0 spiro atoms. The SMILES string of the molecule is O=C(CCN1CCC(O)(Cc2ccc(Cl)cc2)CC1)c1ccc(Cl)s1. The van der Waals surface area contributed by atoms with Crippen LogP contribution in [0.4, 0.5) is 0 Å². The fourth-order valence-electron chi connectivity index (χ4n) is 3.20. The number of Topliss-reactive ketones (excluding diaryl/α,β-unsaturated/α-hetero) is 1. The summed E-state index contributed by atoms with van der Waals surface area (Å²) in [6.45, 7) is 2.34. The first-order valence-electron chi connectivity index (χ1n) is 8.41. The van der Waals surface area contributed by atoms with Gasteiger partial charge in [0.1, 0.15) is 0 Å². The zero-order chi connectivity index (χ0) is 17.9. The highest BCUT2D eigenvalue weighted by molar-refractivity contribution is 7.18. The van der Waals surface area contributed by atoms with E-state index in [9.17, 15) is 9.90 Å². The first kappa shape index (κ1) is 18.9. The maximum Gasteiger partial charge on any atom is 0.174 e. The number of ketones is 1. The number of carbonyl (C=O) groups excluding carboxylic acids is 1. The van der Waals surface area contributed by atoms with Crippen LogP contribution in [0.15, 0.2) is 36.4 Å². The molecule has 25 heavy (non-hydrogen) atoms. The lowest BCUT2D eigenvalue weighted by atomic mass is 9.85. The van der Waals surface area contributed by atoms with Crippen molar-refractivity contribution in [3.63, 3.8) is 0 Å². The van der Waals surface area contributed by atoms with E-state index in [4.69, 9.17) is 23.2 Å². The lowest BCUT2D eigenvalue weighted by Gasteiger charge is -2.38. The Labute approximate surface area is 162 Å². The normalized spacial score (nSPS) is 17.6. The fraction of sp³-hybridized carbons (Fsp3) is 0.421. The number of aliphatic hydroxyl groups is 1. The molecule has 1 N–H and O–H groups in total. The van der Waals surface area contributed by atoms with Crippen LogP contribution in [0.3, 0.4) is 0 Å². The Balaban J connectivity index is 1.46. The minimum absolute atomic E-state index is 0.138. The number of piperidine rings is 1. The number of carbonyl (C=O) groups is 1. The molecule has 1 saturated heterocycles. The van der Waals surface area contributed by atoms with Crippen molar-refractivity contribution in [2.75, 3.05) is 19.6 Å². The van der Waals surface area contributed by atoms with E-state index in [1.54, 1.807) is 12.1 Å². The van der Waals surface area contributed by atoms with Crippen molar-refractivity contribution in [2.45, 2.75) is 31.3 Å². The molecule has 0 radical (unpaired) electrons. The van der Waals surface area contributed by atoms with Gasteiger partial charge in [-0.2, -0.15) is 0 Å². The topological polar surface area (TPSA) is 40.5 Å². The van der Waals surface area contributed by atoms with Gasteiger partial charge in [-0.25, -0.2) is 0 Å². The van der Waals surface area contributed by atoms with Crippen molar-refractivity contribution in [3.05, 3.63) is 56.2 Å². The van der Waals surface area contributed by atoms with Gasteiger partial charge in [-0.3, -0.25) is 4.79 Å². The van der Waals surface area contributed by atoms with Gasteiger partial charge in [0.2, 0.25) is 0 Å². The minimum atomic E-state index is -0.671. The van der Waals surface area contributed by atoms with E-state index in [0.717, 1.165) is 30.1 Å². The van der Waals surface area contributed by atoms with Gasteiger partial charge in [-0.05, 0) is 42.7 Å². The molecule has 0 unspecified atom stereocenters. The largest absolute Gasteiger partial charge is 0.389 e. The molecule has 2 heterocycles. The van der Waals surface area contributed by atoms with E-state index in [1.807, 2.05) is 24.3 Å². The van der Waals surface area contributed by atoms with Gasteiger partial charge >= 0.3 is 0 Å². The monoisotopic (exact) mass is 397 g/mol. The zero-order valence-electron chi connectivity index (χ0n) is 13.9. The van der Waals surface area contributed by atoms with Crippen molar-refractivity contribution in [1.29, 1.82) is 0 Å². The Kier molecular flexibility index (Phi) is 6.18. The summed E-state index contributed by atoms with van der Waals surface area (Å²) >= 11 is 13.1. The van der Waals surface area contributed by atoms with Gasteiger partial charge in [0.05, 0.1) is 14.8 Å². The highest BCUT2D eigenvalue weighted by atomic mass is 35.5. The molecular formula is C19H21Cl2NO2S. The van der Waals surface area contributed by atoms with Crippen molar-refractivity contribution >= 4 is 40.3 Å². The molecule has 6 heteroatoms. The van der Waals surface area contributed by atoms with Gasteiger partial charge in [0, 0.05) is 37.5 Å². The Morgan fingerprint density at radius 3 is 2.40 bits per heavy atom. The standard InChI is InChI=1S/C19H21Cl2NO2S/c20-15-3-1-14(2-4-15)13-19(24)8-11-22(12-9-19)10-7-16(23)17-5-6-18(21)25-17/h1-6,24H,7-13H2. The summed E-state index contributed by atoms with van der Waals surface area (Å²) in [6, 6.07) is 11.2. The van der Waals surface area contributed by atoms with Gasteiger partial charge in [0.15, 0.2) is 5.78 Å². The predicted molar refractivity (Wildman–Crippen MR) is 104 cm³/mol. The van der Waals surface area contributed by atoms with Crippen LogP contribution in [0.25, 0.3) is 0 Å². The van der Waals surface area contributed by atoms with Crippen LogP contribution in [0.5, 0.6) is 0 Å². The van der Waals surface area contributed by atoms with E-state index < -0.39 is 5.60 Å². The number of hydrogen-bond acceptors (Lipinski definition) is 4. The van der Waals surface area contributed by atoms with Gasteiger partial charge < -0.3 is 10.0 Å². The van der Waals surface area contributed by atoms with E-state index >= 15 is 0 Å². The summed E-state index contributed by atoms with van der Waals surface area (Å²) in [5.41, 5.74) is 0.431. The molecular weight excluding hydrogens is 377 g/mol. The molecule has 1 aliphatic heterocycles. The second-order valence-electron chi connectivity index (χ2n) is 6.65. The number of likely N-dealkylation sites (tertiary alicyclic amines) is 1. The van der Waals surface area contributed by atoms with Crippen molar-refractivity contribution in [1.82, 2.24) is 4.90 Å². The Bertz CT molecular complexity index is 721. The molecule has 134 valence electrons. The van der Waals surface area contributed by atoms with Crippen molar-refractivity contribution < 1.29 is 9.90 Å². The number of thiophene rings is 1. The predicted octanol–water partition coefficient (Wildman–Crippen LogP) is 4.70. The molecule has 3 rings (SSSR count). The van der Waals surface area contributed by atoms with Crippen LogP contribution in [0.2, 0.25) is 9.36 Å². The second kappa shape index (κ2) is 8.19. The van der Waals surface area contributed by atoms with Crippen LogP contribution < -0.4 is 0 Å². The molecule has 1 aromatic carbocycles. The summed E-state index contributed by atoms with van der Waals surface area (Å²) in [5.74, 6) is 0.138. The maximum absolute atomic E-state index is 12.2. The van der Waals surface area contributed by atoms with Crippen LogP contribution >= 0.6 is 34.5 Å². The van der Waals surface area contributed by atoms with E-state index in [0.29, 0.717) is 35.0 Å². The zero-order valence-corrected chi connectivity index (χ0v) is 16.2. The number of nitrogens with zero attached hydrogens (tertiary/aromatic N) is 1. The summed E-state index contributed by atoms with van der Waals surface area (Å²) in [7, 11) is 0.